The number of rotatable bonds is 11. The van der Waals surface area contributed by atoms with Crippen molar-refractivity contribution in [3.63, 3.8) is 0 Å². The lowest BCUT2D eigenvalue weighted by atomic mass is 10.0. The van der Waals surface area contributed by atoms with Gasteiger partial charge >= 0.3 is 0 Å². The molecule has 1 atom stereocenters. The lowest BCUT2D eigenvalue weighted by molar-refractivity contribution is 0.0670. The van der Waals surface area contributed by atoms with Crippen LogP contribution in [0.25, 0.3) is 0 Å². The molecule has 2 rings (SSSR count). The third-order valence-corrected chi connectivity index (χ3v) is 4.10. The second-order valence-electron chi connectivity index (χ2n) is 6.45. The highest BCUT2D eigenvalue weighted by molar-refractivity contribution is 5.35. The van der Waals surface area contributed by atoms with E-state index in [0.717, 1.165) is 30.9 Å². The largest absolute Gasteiger partial charge is 0.497 e. The monoisotopic (exact) mass is 355 g/mol. The Hall–Kier alpha value is -2.46. The van der Waals surface area contributed by atoms with Crippen molar-refractivity contribution in [3.05, 3.63) is 72.5 Å². The van der Waals surface area contributed by atoms with Crippen LogP contribution in [0, 0.1) is 0 Å². The molecule has 0 amide bonds. The number of nitrogens with zero attached hydrogens (tertiary/aromatic N) is 1. The fourth-order valence-corrected chi connectivity index (χ4v) is 2.78. The molecule has 4 nitrogen and oxygen atoms in total. The van der Waals surface area contributed by atoms with Crippen LogP contribution in [-0.4, -0.2) is 45.4 Å². The van der Waals surface area contributed by atoms with E-state index in [2.05, 4.69) is 29.7 Å². The highest BCUT2D eigenvalue weighted by Gasteiger charge is 2.12. The lowest BCUT2D eigenvalue weighted by Crippen LogP contribution is -2.32. The van der Waals surface area contributed by atoms with E-state index in [-0.39, 0.29) is 6.10 Å². The maximum absolute atomic E-state index is 6.06. The van der Waals surface area contributed by atoms with E-state index in [1.165, 1.54) is 17.4 Å². The Bertz CT molecular complexity index is 667. The average Bonchev–Trinajstić information content (AvgIpc) is 2.65. The molecule has 2 aromatic rings. The third kappa shape index (κ3) is 6.45. The molecule has 2 aromatic carbocycles. The lowest BCUT2D eigenvalue weighted by Gasteiger charge is -2.21. The summed E-state index contributed by atoms with van der Waals surface area (Å²) in [5, 5.41) is 0. The average molecular weight is 355 g/mol. The maximum Gasteiger partial charge on any atom is 0.144 e. The minimum atomic E-state index is -0.0443. The molecular weight excluding hydrogens is 326 g/mol. The summed E-state index contributed by atoms with van der Waals surface area (Å²) in [5.41, 5.74) is 2.48. The Morgan fingerprint density at radius 3 is 2.42 bits per heavy atom. The second-order valence-corrected chi connectivity index (χ2v) is 6.45. The van der Waals surface area contributed by atoms with Crippen LogP contribution in [0.2, 0.25) is 0 Å². The van der Waals surface area contributed by atoms with E-state index >= 15 is 0 Å². The van der Waals surface area contributed by atoms with Crippen LogP contribution >= 0.6 is 0 Å². The van der Waals surface area contributed by atoms with Crippen molar-refractivity contribution in [2.75, 3.05) is 34.4 Å². The predicted molar refractivity (Wildman–Crippen MR) is 106 cm³/mol. The van der Waals surface area contributed by atoms with Crippen molar-refractivity contribution in [3.8, 4) is 11.5 Å². The molecule has 0 heterocycles. The van der Waals surface area contributed by atoms with Crippen LogP contribution in [-0.2, 0) is 17.6 Å². The van der Waals surface area contributed by atoms with Gasteiger partial charge in [-0.2, -0.15) is 0 Å². The number of likely N-dealkylation sites (N-methyl/N-ethyl adjacent to an activating group) is 1. The van der Waals surface area contributed by atoms with Crippen molar-refractivity contribution in [2.45, 2.75) is 18.9 Å². The maximum atomic E-state index is 6.06. The molecule has 26 heavy (non-hydrogen) atoms. The predicted octanol–water partition coefficient (Wildman–Crippen LogP) is 3.95. The number of ether oxygens (including phenoxy) is 3. The molecule has 0 saturated carbocycles. The van der Waals surface area contributed by atoms with Crippen molar-refractivity contribution in [2.24, 2.45) is 0 Å². The second kappa shape index (κ2) is 10.5. The molecule has 0 unspecified atom stereocenters. The first-order valence-corrected chi connectivity index (χ1v) is 8.87. The summed E-state index contributed by atoms with van der Waals surface area (Å²) in [6.45, 7) is 4.92. The minimum Gasteiger partial charge on any atom is -0.497 e. The molecule has 0 radical (unpaired) electrons. The molecule has 0 spiro atoms. The molecule has 0 N–H and O–H groups in total. The van der Waals surface area contributed by atoms with Gasteiger partial charge < -0.3 is 19.1 Å². The quantitative estimate of drug-likeness (QED) is 0.571. The zero-order valence-electron chi connectivity index (χ0n) is 16.0. The molecular formula is C22H29NO3. The van der Waals surface area contributed by atoms with Gasteiger partial charge in [0.05, 0.1) is 13.4 Å². The van der Waals surface area contributed by atoms with Crippen molar-refractivity contribution < 1.29 is 14.2 Å². The van der Waals surface area contributed by atoms with Gasteiger partial charge in [-0.05, 0) is 56.3 Å². The summed E-state index contributed by atoms with van der Waals surface area (Å²) in [6, 6.07) is 16.4. The zero-order chi connectivity index (χ0) is 18.8. The molecule has 0 aromatic heterocycles. The van der Waals surface area contributed by atoms with Gasteiger partial charge in [0.1, 0.15) is 24.2 Å². The van der Waals surface area contributed by atoms with Gasteiger partial charge in [0.2, 0.25) is 0 Å². The van der Waals surface area contributed by atoms with E-state index in [4.69, 9.17) is 14.2 Å². The first kappa shape index (κ1) is 19.9. The molecule has 0 saturated heterocycles. The first-order valence-electron chi connectivity index (χ1n) is 8.87. The van der Waals surface area contributed by atoms with E-state index in [9.17, 15) is 0 Å². The molecule has 140 valence electrons. The Morgan fingerprint density at radius 1 is 1.04 bits per heavy atom. The zero-order valence-corrected chi connectivity index (χ0v) is 16.0. The molecule has 0 bridgehead atoms. The van der Waals surface area contributed by atoms with Crippen LogP contribution < -0.4 is 9.47 Å². The Balaban J connectivity index is 1.96. The van der Waals surface area contributed by atoms with Gasteiger partial charge in [-0.25, -0.2) is 0 Å². The summed E-state index contributed by atoms with van der Waals surface area (Å²) in [4.78, 5) is 2.08. The normalized spacial score (nSPS) is 11.8. The Kier molecular flexibility index (Phi) is 8.03. The van der Waals surface area contributed by atoms with E-state index in [0.29, 0.717) is 6.61 Å². The molecule has 4 heteroatoms. The summed E-state index contributed by atoms with van der Waals surface area (Å²) >= 11 is 0. The molecule has 0 fully saturated rings. The number of benzene rings is 2. The fourth-order valence-electron chi connectivity index (χ4n) is 2.78. The number of para-hydroxylation sites is 1. The van der Waals surface area contributed by atoms with E-state index in [1.54, 1.807) is 7.11 Å². The fraction of sp³-hybridized carbons (Fsp3) is 0.364. The summed E-state index contributed by atoms with van der Waals surface area (Å²) in [7, 11) is 5.72. The number of hydrogen-bond donors (Lipinski definition) is 0. The summed E-state index contributed by atoms with van der Waals surface area (Å²) in [6.07, 6.45) is 3.31. The SMILES string of the molecule is C=CO[C@H](COc1ccccc1CCc1ccc(OC)cc1)CN(C)C. The summed E-state index contributed by atoms with van der Waals surface area (Å²) < 4.78 is 16.8. The van der Waals surface area contributed by atoms with Crippen molar-refractivity contribution >= 4 is 0 Å². The number of methoxy groups -OCH3 is 1. The van der Waals surface area contributed by atoms with Gasteiger partial charge in [0, 0.05) is 6.54 Å². The van der Waals surface area contributed by atoms with Gasteiger partial charge in [-0.1, -0.05) is 36.9 Å². The van der Waals surface area contributed by atoms with Crippen molar-refractivity contribution in [1.82, 2.24) is 4.90 Å². The van der Waals surface area contributed by atoms with E-state index in [1.807, 2.05) is 44.4 Å². The Morgan fingerprint density at radius 2 is 1.77 bits per heavy atom. The third-order valence-electron chi connectivity index (χ3n) is 4.10. The minimum absolute atomic E-state index is 0.0443. The highest BCUT2D eigenvalue weighted by Crippen LogP contribution is 2.21. The standard InChI is InChI=1S/C22H29NO3/c1-5-25-21(16-23(2)3)17-26-22-9-7-6-8-19(22)13-10-18-11-14-20(24-4)15-12-18/h5-9,11-12,14-15,21H,1,10,13,16-17H2,2-4H3/t21-/m0/s1. The van der Waals surface area contributed by atoms with Crippen LogP contribution in [0.5, 0.6) is 11.5 Å². The van der Waals surface area contributed by atoms with Crippen LogP contribution in [0.1, 0.15) is 11.1 Å². The number of aryl methyl sites for hydroxylation is 2. The van der Waals surface area contributed by atoms with Crippen LogP contribution in [0.4, 0.5) is 0 Å². The van der Waals surface area contributed by atoms with Crippen LogP contribution in [0.3, 0.4) is 0 Å². The Labute approximate surface area is 157 Å². The van der Waals surface area contributed by atoms with Crippen molar-refractivity contribution in [1.29, 1.82) is 0 Å². The first-order chi connectivity index (χ1) is 12.6. The van der Waals surface area contributed by atoms with Crippen LogP contribution in [0.15, 0.2) is 61.4 Å². The smallest absolute Gasteiger partial charge is 0.144 e. The van der Waals surface area contributed by atoms with Gasteiger partial charge in [-0.15, -0.1) is 0 Å². The molecule has 0 aliphatic heterocycles. The van der Waals surface area contributed by atoms with Gasteiger partial charge in [0.25, 0.3) is 0 Å². The number of hydrogen-bond acceptors (Lipinski definition) is 4. The molecule has 0 aliphatic rings. The summed E-state index contributed by atoms with van der Waals surface area (Å²) in [5.74, 6) is 1.80. The highest BCUT2D eigenvalue weighted by atomic mass is 16.5. The van der Waals surface area contributed by atoms with E-state index < -0.39 is 0 Å². The van der Waals surface area contributed by atoms with Gasteiger partial charge in [0.15, 0.2) is 0 Å². The molecule has 0 aliphatic carbocycles. The topological polar surface area (TPSA) is 30.9 Å². The van der Waals surface area contributed by atoms with Gasteiger partial charge in [-0.3, -0.25) is 0 Å².